The van der Waals surface area contributed by atoms with Gasteiger partial charge in [0.25, 0.3) is 0 Å². The summed E-state index contributed by atoms with van der Waals surface area (Å²) in [5.41, 5.74) is 0.500. The largest absolute Gasteiger partial charge is 0.255 e. The van der Waals surface area contributed by atoms with Crippen LogP contribution < -0.4 is 0 Å². The maximum absolute atomic E-state index is 12.1. The Kier molecular flexibility index (Phi) is 4.24. The van der Waals surface area contributed by atoms with Crippen molar-refractivity contribution in [3.8, 4) is 0 Å². The Labute approximate surface area is 121 Å². The summed E-state index contributed by atoms with van der Waals surface area (Å²) < 4.78 is 24.1. The molecule has 0 atom stereocenters. The van der Waals surface area contributed by atoms with E-state index in [1.165, 1.54) is 24.4 Å². The second-order valence-corrected chi connectivity index (χ2v) is 6.33. The van der Waals surface area contributed by atoms with Gasteiger partial charge < -0.3 is 0 Å². The fourth-order valence-electron chi connectivity index (χ4n) is 1.39. The summed E-state index contributed by atoms with van der Waals surface area (Å²) >= 11 is 11.6. The van der Waals surface area contributed by atoms with Gasteiger partial charge >= 0.3 is 0 Å². The molecular formula is C13H9Cl2NO2S. The molecule has 0 fully saturated rings. The molecule has 0 N–H and O–H groups in total. The van der Waals surface area contributed by atoms with Crippen LogP contribution >= 0.6 is 23.2 Å². The predicted octanol–water partition coefficient (Wildman–Crippen LogP) is 3.83. The lowest BCUT2D eigenvalue weighted by Crippen LogP contribution is -1.97. The van der Waals surface area contributed by atoms with Crippen LogP contribution in [0.5, 0.6) is 0 Å². The lowest BCUT2D eigenvalue weighted by atomic mass is 10.3. The van der Waals surface area contributed by atoms with Gasteiger partial charge in [0, 0.05) is 11.6 Å². The number of nitrogens with zero attached hydrogens (tertiary/aromatic N) is 1. The van der Waals surface area contributed by atoms with Crippen molar-refractivity contribution in [2.75, 3.05) is 0 Å². The van der Waals surface area contributed by atoms with Crippen LogP contribution in [0.1, 0.15) is 5.69 Å². The predicted molar refractivity (Wildman–Crippen MR) is 76.9 cm³/mol. The van der Waals surface area contributed by atoms with Crippen molar-refractivity contribution >= 4 is 39.1 Å². The molecule has 0 radical (unpaired) electrons. The van der Waals surface area contributed by atoms with Crippen LogP contribution in [-0.4, -0.2) is 13.4 Å². The van der Waals surface area contributed by atoms with Gasteiger partial charge in [-0.15, -0.1) is 0 Å². The van der Waals surface area contributed by atoms with Crippen LogP contribution in [0.25, 0.3) is 6.08 Å². The summed E-state index contributed by atoms with van der Waals surface area (Å²) in [5, 5.41) is 1.76. The van der Waals surface area contributed by atoms with Gasteiger partial charge in [0.1, 0.15) is 0 Å². The second-order valence-electron chi connectivity index (χ2n) is 3.68. The van der Waals surface area contributed by atoms with E-state index in [-0.39, 0.29) is 9.92 Å². The van der Waals surface area contributed by atoms with Crippen molar-refractivity contribution in [1.82, 2.24) is 4.98 Å². The van der Waals surface area contributed by atoms with Crippen LogP contribution in [0.2, 0.25) is 10.0 Å². The van der Waals surface area contributed by atoms with Crippen LogP contribution in [0.15, 0.2) is 52.9 Å². The van der Waals surface area contributed by atoms with Crippen molar-refractivity contribution < 1.29 is 8.42 Å². The van der Waals surface area contributed by atoms with E-state index >= 15 is 0 Å². The molecule has 0 aliphatic carbocycles. The minimum atomic E-state index is -3.58. The van der Waals surface area contributed by atoms with Gasteiger partial charge in [-0.3, -0.25) is 4.98 Å². The Morgan fingerprint density at radius 2 is 1.79 bits per heavy atom. The van der Waals surface area contributed by atoms with Crippen LogP contribution in [-0.2, 0) is 9.84 Å². The Bertz CT molecular complexity index is 710. The smallest absolute Gasteiger partial charge is 0.201 e. The molecule has 0 unspecified atom stereocenters. The van der Waals surface area contributed by atoms with Gasteiger partial charge in [0.15, 0.2) is 0 Å². The van der Waals surface area contributed by atoms with Crippen molar-refractivity contribution in [1.29, 1.82) is 0 Å². The maximum Gasteiger partial charge on any atom is 0.201 e. The zero-order chi connectivity index (χ0) is 13.9. The summed E-state index contributed by atoms with van der Waals surface area (Å²) in [6.07, 6.45) is 2.85. The van der Waals surface area contributed by atoms with Gasteiger partial charge in [-0.2, -0.15) is 0 Å². The van der Waals surface area contributed by atoms with E-state index in [9.17, 15) is 8.42 Å². The Hall–Kier alpha value is -1.36. The molecule has 1 aromatic heterocycles. The molecule has 6 heteroatoms. The summed E-state index contributed by atoms with van der Waals surface area (Å²) in [4.78, 5) is 4.05. The van der Waals surface area contributed by atoms with E-state index in [2.05, 4.69) is 4.98 Å². The molecule has 0 amide bonds. The lowest BCUT2D eigenvalue weighted by molar-refractivity contribution is 0.605. The molecule has 0 saturated heterocycles. The minimum absolute atomic E-state index is 0.0712. The van der Waals surface area contributed by atoms with E-state index in [1.54, 1.807) is 24.3 Å². The number of pyridine rings is 1. The Morgan fingerprint density at radius 1 is 1.05 bits per heavy atom. The van der Waals surface area contributed by atoms with E-state index in [4.69, 9.17) is 23.2 Å². The zero-order valence-electron chi connectivity index (χ0n) is 9.62. The SMILES string of the molecule is O=S(=O)(/C=C/c1ccc(Cl)cn1)c1ccccc1Cl. The quantitative estimate of drug-likeness (QED) is 0.865. The molecule has 98 valence electrons. The second kappa shape index (κ2) is 5.74. The normalized spacial score (nSPS) is 11.9. The number of benzene rings is 1. The van der Waals surface area contributed by atoms with Crippen LogP contribution in [0, 0.1) is 0 Å². The highest BCUT2D eigenvalue weighted by molar-refractivity contribution is 7.94. The molecule has 0 bridgehead atoms. The standard InChI is InChI=1S/C13H9Cl2NO2S/c14-10-5-6-11(16-9-10)7-8-19(17,18)13-4-2-1-3-12(13)15/h1-9H/b8-7+. The van der Waals surface area contributed by atoms with Crippen LogP contribution in [0.3, 0.4) is 0 Å². The third-order valence-corrected chi connectivity index (χ3v) is 4.44. The minimum Gasteiger partial charge on any atom is -0.255 e. The van der Waals surface area contributed by atoms with Crippen molar-refractivity contribution in [3.05, 3.63) is 63.7 Å². The third kappa shape index (κ3) is 3.56. The molecule has 1 heterocycles. The average molecular weight is 314 g/mol. The number of rotatable bonds is 3. The van der Waals surface area contributed by atoms with Gasteiger partial charge in [-0.1, -0.05) is 35.3 Å². The highest BCUT2D eigenvalue weighted by atomic mass is 35.5. The molecule has 0 aliphatic rings. The van der Waals surface area contributed by atoms with Gasteiger partial charge in [0.05, 0.1) is 20.6 Å². The Balaban J connectivity index is 2.32. The molecule has 1 aromatic carbocycles. The third-order valence-electron chi connectivity index (χ3n) is 2.31. The first-order valence-corrected chi connectivity index (χ1v) is 7.58. The fourth-order valence-corrected chi connectivity index (χ4v) is 3.04. The zero-order valence-corrected chi connectivity index (χ0v) is 12.0. The molecule has 3 nitrogen and oxygen atoms in total. The van der Waals surface area contributed by atoms with Gasteiger partial charge in [0.2, 0.25) is 9.84 Å². The van der Waals surface area contributed by atoms with Gasteiger partial charge in [-0.25, -0.2) is 8.42 Å². The molecule has 2 rings (SSSR count). The number of sulfone groups is 1. The highest BCUT2D eigenvalue weighted by Gasteiger charge is 2.13. The van der Waals surface area contributed by atoms with E-state index in [0.29, 0.717) is 10.7 Å². The number of halogens is 2. The summed E-state index contributed by atoms with van der Waals surface area (Å²) in [7, 11) is -3.58. The molecule has 0 aliphatic heterocycles. The summed E-state index contributed by atoms with van der Waals surface area (Å²) in [5.74, 6) is 0. The topological polar surface area (TPSA) is 47.0 Å². The molecule has 0 saturated carbocycles. The molecule has 2 aromatic rings. The first kappa shape index (κ1) is 14.1. The summed E-state index contributed by atoms with van der Waals surface area (Å²) in [6, 6.07) is 9.54. The lowest BCUT2D eigenvalue weighted by Gasteiger charge is -2.01. The molecule has 19 heavy (non-hydrogen) atoms. The maximum atomic E-state index is 12.1. The number of hydrogen-bond acceptors (Lipinski definition) is 3. The first-order chi connectivity index (χ1) is 8.99. The first-order valence-electron chi connectivity index (χ1n) is 5.28. The number of hydrogen-bond donors (Lipinski definition) is 0. The number of aromatic nitrogens is 1. The highest BCUT2D eigenvalue weighted by Crippen LogP contribution is 2.22. The van der Waals surface area contributed by atoms with Gasteiger partial charge in [-0.05, 0) is 30.3 Å². The van der Waals surface area contributed by atoms with Crippen LogP contribution in [0.4, 0.5) is 0 Å². The van der Waals surface area contributed by atoms with Crippen molar-refractivity contribution in [3.63, 3.8) is 0 Å². The molecule has 0 spiro atoms. The van der Waals surface area contributed by atoms with Crippen molar-refractivity contribution in [2.45, 2.75) is 4.90 Å². The van der Waals surface area contributed by atoms with Crippen molar-refractivity contribution in [2.24, 2.45) is 0 Å². The van der Waals surface area contributed by atoms with E-state index in [1.807, 2.05) is 0 Å². The Morgan fingerprint density at radius 3 is 2.42 bits per heavy atom. The molecular weight excluding hydrogens is 305 g/mol. The van der Waals surface area contributed by atoms with E-state index < -0.39 is 9.84 Å². The summed E-state index contributed by atoms with van der Waals surface area (Å²) in [6.45, 7) is 0. The monoisotopic (exact) mass is 313 g/mol. The fraction of sp³-hybridized carbons (Fsp3) is 0. The van der Waals surface area contributed by atoms with E-state index in [0.717, 1.165) is 5.41 Å². The average Bonchev–Trinajstić information content (AvgIpc) is 2.38.